The molecule has 1 atom stereocenters. The number of H-pyrrole nitrogens is 1. The van der Waals surface area contributed by atoms with Gasteiger partial charge in [-0.2, -0.15) is 0 Å². The average Bonchev–Trinajstić information content (AvgIpc) is 3.03. The molecule has 5 heteroatoms. The summed E-state index contributed by atoms with van der Waals surface area (Å²) in [6.07, 6.45) is 3.13. The summed E-state index contributed by atoms with van der Waals surface area (Å²) in [6, 6.07) is 5.36. The minimum absolute atomic E-state index is 0.0789. The Morgan fingerprint density at radius 3 is 2.90 bits per heavy atom. The summed E-state index contributed by atoms with van der Waals surface area (Å²) in [5.41, 5.74) is 2.73. The first-order valence-electron chi connectivity index (χ1n) is 6.70. The molecule has 0 amide bonds. The molecule has 1 aliphatic heterocycles. The van der Waals surface area contributed by atoms with Gasteiger partial charge in [0.2, 0.25) is 5.78 Å². The van der Waals surface area contributed by atoms with Crippen LogP contribution in [0.1, 0.15) is 46.2 Å². The quantitative estimate of drug-likeness (QED) is 0.842. The number of rotatable bonds is 3. The molecule has 0 fully saturated rings. The van der Waals surface area contributed by atoms with E-state index in [1.54, 1.807) is 18.3 Å². The monoisotopic (exact) mass is 272 g/mol. The minimum atomic E-state index is -0.817. The van der Waals surface area contributed by atoms with Crippen molar-refractivity contribution in [1.82, 2.24) is 9.55 Å². The van der Waals surface area contributed by atoms with E-state index >= 15 is 0 Å². The molecule has 0 radical (unpaired) electrons. The number of aliphatic carboxylic acids is 1. The van der Waals surface area contributed by atoms with E-state index in [1.807, 2.05) is 17.6 Å². The number of carbonyl (C=O) groups excluding carboxylic acids is 1. The zero-order chi connectivity index (χ0) is 14.3. The number of nitrogens with zero attached hydrogens (tertiary/aromatic N) is 1. The Kier molecular flexibility index (Phi) is 2.97. The number of nitrogens with one attached hydrogen (secondary N) is 1. The Bertz CT molecular complexity index is 668. The Hall–Kier alpha value is -2.30. The highest BCUT2D eigenvalue weighted by atomic mass is 16.4. The first-order valence-corrected chi connectivity index (χ1v) is 6.70. The van der Waals surface area contributed by atoms with Gasteiger partial charge in [0.25, 0.3) is 0 Å². The molecule has 0 saturated heterocycles. The number of aromatic nitrogens is 2. The molecule has 1 aliphatic rings. The van der Waals surface area contributed by atoms with Crippen molar-refractivity contribution in [3.8, 4) is 0 Å². The standard InChI is InChI=1S/C15H16N2O3/c1-9-8-12-10(15(19)20)4-3-7-17(12)13(9)14(18)11-5-2-6-16-11/h2,5-6,8,10,16H,3-4,7H2,1H3,(H,19,20). The maximum Gasteiger partial charge on any atom is 0.312 e. The van der Waals surface area contributed by atoms with Crippen LogP contribution in [0.2, 0.25) is 0 Å². The van der Waals surface area contributed by atoms with Crippen LogP contribution in [0.15, 0.2) is 24.4 Å². The number of carboxylic acid groups (broad SMARTS) is 1. The SMILES string of the molecule is Cc1cc2n(c1C(=O)c1ccc[nH]1)CCCC2C(=O)O. The molecule has 3 heterocycles. The zero-order valence-electron chi connectivity index (χ0n) is 11.2. The van der Waals surface area contributed by atoms with Crippen LogP contribution in [0.4, 0.5) is 0 Å². The smallest absolute Gasteiger partial charge is 0.312 e. The predicted molar refractivity (Wildman–Crippen MR) is 73.0 cm³/mol. The number of fused-ring (bicyclic) bond motifs is 1. The molecule has 2 aromatic heterocycles. The third-order valence-corrected chi connectivity index (χ3v) is 3.91. The third-order valence-electron chi connectivity index (χ3n) is 3.91. The van der Waals surface area contributed by atoms with E-state index in [0.29, 0.717) is 24.4 Å². The molecule has 2 aromatic rings. The molecule has 2 N–H and O–H groups in total. The average molecular weight is 272 g/mol. The van der Waals surface area contributed by atoms with Gasteiger partial charge in [-0.25, -0.2) is 0 Å². The van der Waals surface area contributed by atoms with Crippen LogP contribution in [0, 0.1) is 6.92 Å². The fourth-order valence-corrected chi connectivity index (χ4v) is 2.99. The molecular formula is C15H16N2O3. The molecule has 104 valence electrons. The molecule has 5 nitrogen and oxygen atoms in total. The lowest BCUT2D eigenvalue weighted by molar-refractivity contribution is -0.139. The second-order valence-electron chi connectivity index (χ2n) is 5.20. The summed E-state index contributed by atoms with van der Waals surface area (Å²) in [4.78, 5) is 26.8. The van der Waals surface area contributed by atoms with Crippen LogP contribution in [0.25, 0.3) is 0 Å². The zero-order valence-corrected chi connectivity index (χ0v) is 11.2. The van der Waals surface area contributed by atoms with Crippen molar-refractivity contribution in [1.29, 1.82) is 0 Å². The van der Waals surface area contributed by atoms with E-state index in [0.717, 1.165) is 17.7 Å². The maximum atomic E-state index is 12.5. The molecule has 20 heavy (non-hydrogen) atoms. The second-order valence-corrected chi connectivity index (χ2v) is 5.20. The minimum Gasteiger partial charge on any atom is -0.481 e. The molecule has 3 rings (SSSR count). The van der Waals surface area contributed by atoms with E-state index in [2.05, 4.69) is 4.98 Å². The normalized spacial score (nSPS) is 17.8. The van der Waals surface area contributed by atoms with E-state index in [1.165, 1.54) is 0 Å². The van der Waals surface area contributed by atoms with Crippen LogP contribution in [0.3, 0.4) is 0 Å². The van der Waals surface area contributed by atoms with Gasteiger partial charge in [-0.3, -0.25) is 9.59 Å². The van der Waals surface area contributed by atoms with Gasteiger partial charge in [0, 0.05) is 18.4 Å². The first kappa shape index (κ1) is 12.7. The van der Waals surface area contributed by atoms with E-state index < -0.39 is 11.9 Å². The van der Waals surface area contributed by atoms with Gasteiger partial charge in [0.05, 0.1) is 17.3 Å². The van der Waals surface area contributed by atoms with E-state index in [-0.39, 0.29) is 5.78 Å². The summed E-state index contributed by atoms with van der Waals surface area (Å²) >= 11 is 0. The molecule has 0 aromatic carbocycles. The molecular weight excluding hydrogens is 256 g/mol. The molecule has 0 saturated carbocycles. The van der Waals surface area contributed by atoms with Gasteiger partial charge in [-0.1, -0.05) is 0 Å². The summed E-state index contributed by atoms with van der Waals surface area (Å²) in [5.74, 6) is -1.40. The highest BCUT2D eigenvalue weighted by molar-refractivity contribution is 6.08. The Morgan fingerprint density at radius 2 is 2.25 bits per heavy atom. The fourth-order valence-electron chi connectivity index (χ4n) is 2.99. The highest BCUT2D eigenvalue weighted by Crippen LogP contribution is 2.32. The fraction of sp³-hybridized carbons (Fsp3) is 0.333. The predicted octanol–water partition coefficient (Wildman–Crippen LogP) is 2.32. The summed E-state index contributed by atoms with van der Waals surface area (Å²) in [5, 5.41) is 9.30. The number of aromatic amines is 1. The van der Waals surface area contributed by atoms with Crippen molar-refractivity contribution in [2.45, 2.75) is 32.2 Å². The summed E-state index contributed by atoms with van der Waals surface area (Å²) in [7, 11) is 0. The summed E-state index contributed by atoms with van der Waals surface area (Å²) in [6.45, 7) is 2.56. The van der Waals surface area contributed by atoms with Crippen LogP contribution < -0.4 is 0 Å². The number of hydrogen-bond acceptors (Lipinski definition) is 2. The van der Waals surface area contributed by atoms with Crippen molar-refractivity contribution >= 4 is 11.8 Å². The van der Waals surface area contributed by atoms with E-state index in [9.17, 15) is 14.7 Å². The lowest BCUT2D eigenvalue weighted by Crippen LogP contribution is -2.24. The van der Waals surface area contributed by atoms with Gasteiger partial charge in [0.15, 0.2) is 0 Å². The number of aryl methyl sites for hydroxylation is 1. The van der Waals surface area contributed by atoms with Crippen molar-refractivity contribution in [3.63, 3.8) is 0 Å². The number of ketones is 1. The van der Waals surface area contributed by atoms with Crippen LogP contribution >= 0.6 is 0 Å². The Morgan fingerprint density at radius 1 is 1.45 bits per heavy atom. The van der Waals surface area contributed by atoms with Gasteiger partial charge in [0.1, 0.15) is 0 Å². The van der Waals surface area contributed by atoms with Crippen LogP contribution in [-0.4, -0.2) is 26.4 Å². The number of carboxylic acids is 1. The molecule has 0 aliphatic carbocycles. The van der Waals surface area contributed by atoms with Crippen molar-refractivity contribution in [2.75, 3.05) is 0 Å². The highest BCUT2D eigenvalue weighted by Gasteiger charge is 2.31. The number of hydrogen-bond donors (Lipinski definition) is 2. The van der Waals surface area contributed by atoms with Gasteiger partial charge >= 0.3 is 5.97 Å². The largest absolute Gasteiger partial charge is 0.481 e. The van der Waals surface area contributed by atoms with Crippen LogP contribution in [-0.2, 0) is 11.3 Å². The first-order chi connectivity index (χ1) is 9.59. The maximum absolute atomic E-state index is 12.5. The Balaban J connectivity index is 2.10. The molecule has 1 unspecified atom stereocenters. The van der Waals surface area contributed by atoms with Gasteiger partial charge in [-0.05, 0) is 43.5 Å². The molecule has 0 spiro atoms. The number of carbonyl (C=O) groups is 2. The van der Waals surface area contributed by atoms with Gasteiger partial charge < -0.3 is 14.7 Å². The Labute approximate surface area is 116 Å². The third kappa shape index (κ3) is 1.86. The topological polar surface area (TPSA) is 75.1 Å². The van der Waals surface area contributed by atoms with E-state index in [4.69, 9.17) is 0 Å². The lowest BCUT2D eigenvalue weighted by atomic mass is 9.96. The molecule has 0 bridgehead atoms. The summed E-state index contributed by atoms with van der Waals surface area (Å²) < 4.78 is 1.88. The van der Waals surface area contributed by atoms with Gasteiger partial charge in [-0.15, -0.1) is 0 Å². The van der Waals surface area contributed by atoms with Crippen molar-refractivity contribution < 1.29 is 14.7 Å². The lowest BCUT2D eigenvalue weighted by Gasteiger charge is -2.23. The van der Waals surface area contributed by atoms with Crippen LogP contribution in [0.5, 0.6) is 0 Å². The second kappa shape index (κ2) is 4.67. The van der Waals surface area contributed by atoms with Crippen molar-refractivity contribution in [2.24, 2.45) is 0 Å². The van der Waals surface area contributed by atoms with Crippen molar-refractivity contribution in [3.05, 3.63) is 47.0 Å².